The van der Waals surface area contributed by atoms with Gasteiger partial charge in [-0.1, -0.05) is 15.9 Å². The summed E-state index contributed by atoms with van der Waals surface area (Å²) in [6, 6.07) is 3.51. The molecule has 110 valence electrons. The van der Waals surface area contributed by atoms with Gasteiger partial charge < -0.3 is 5.11 Å². The van der Waals surface area contributed by atoms with Gasteiger partial charge in [-0.25, -0.2) is 8.42 Å². The fraction of sp³-hybridized carbons (Fsp3) is 0.462. The summed E-state index contributed by atoms with van der Waals surface area (Å²) in [4.78, 5) is 11.2. The molecule has 0 aromatic heterocycles. The van der Waals surface area contributed by atoms with E-state index in [9.17, 15) is 13.2 Å². The molecule has 1 unspecified atom stereocenters. The first-order chi connectivity index (χ1) is 9.23. The molecule has 1 aromatic rings. The Labute approximate surface area is 126 Å². The molecule has 0 aliphatic carbocycles. The van der Waals surface area contributed by atoms with Crippen molar-refractivity contribution < 1.29 is 18.3 Å². The van der Waals surface area contributed by atoms with Crippen molar-refractivity contribution in [3.63, 3.8) is 0 Å². The van der Waals surface area contributed by atoms with E-state index < -0.39 is 21.9 Å². The van der Waals surface area contributed by atoms with Crippen LogP contribution in [-0.2, 0) is 14.8 Å². The number of carboxylic acids is 1. The average Bonchev–Trinajstić information content (AvgIpc) is 2.76. The van der Waals surface area contributed by atoms with Crippen LogP contribution in [0, 0.1) is 19.8 Å². The van der Waals surface area contributed by atoms with Crippen LogP contribution >= 0.6 is 15.9 Å². The molecule has 1 N–H and O–H groups in total. The highest BCUT2D eigenvalue weighted by atomic mass is 79.9. The Kier molecular flexibility index (Phi) is 4.22. The van der Waals surface area contributed by atoms with Crippen LogP contribution in [0.15, 0.2) is 21.5 Å². The van der Waals surface area contributed by atoms with E-state index in [1.165, 1.54) is 4.31 Å². The number of carbonyl (C=O) groups is 1. The zero-order chi connectivity index (χ0) is 15.1. The number of aliphatic carboxylic acids is 1. The molecule has 1 saturated heterocycles. The first-order valence-corrected chi connectivity index (χ1v) is 8.46. The monoisotopic (exact) mass is 361 g/mol. The van der Waals surface area contributed by atoms with Crippen LogP contribution in [0.2, 0.25) is 0 Å². The highest BCUT2D eigenvalue weighted by Gasteiger charge is 2.37. The first-order valence-electron chi connectivity index (χ1n) is 6.23. The number of carboxylic acid groups (broad SMARTS) is 1. The minimum absolute atomic E-state index is 0.0482. The molecule has 7 heteroatoms. The maximum Gasteiger partial charge on any atom is 0.307 e. The highest BCUT2D eigenvalue weighted by Crippen LogP contribution is 2.30. The number of hydrogen-bond acceptors (Lipinski definition) is 3. The Hall–Kier alpha value is -0.920. The molecular weight excluding hydrogens is 346 g/mol. The van der Waals surface area contributed by atoms with E-state index in [-0.39, 0.29) is 18.0 Å². The van der Waals surface area contributed by atoms with Crippen LogP contribution in [0.4, 0.5) is 0 Å². The van der Waals surface area contributed by atoms with Crippen LogP contribution in [0.3, 0.4) is 0 Å². The van der Waals surface area contributed by atoms with E-state index >= 15 is 0 Å². The summed E-state index contributed by atoms with van der Waals surface area (Å²) in [6.45, 7) is 3.80. The summed E-state index contributed by atoms with van der Waals surface area (Å²) in [6.07, 6.45) is 0.364. The molecule has 0 bridgehead atoms. The van der Waals surface area contributed by atoms with Gasteiger partial charge >= 0.3 is 5.97 Å². The molecule has 0 amide bonds. The molecule has 1 aliphatic rings. The Morgan fingerprint density at radius 1 is 1.35 bits per heavy atom. The predicted octanol–water partition coefficient (Wildman–Crippen LogP) is 2.16. The number of aryl methyl sites for hydroxylation is 2. The molecular formula is C13H16BrNO4S. The zero-order valence-corrected chi connectivity index (χ0v) is 13.7. The third-order valence-corrected chi connectivity index (χ3v) is 6.15. The van der Waals surface area contributed by atoms with Crippen molar-refractivity contribution in [1.29, 1.82) is 0 Å². The van der Waals surface area contributed by atoms with Gasteiger partial charge in [0, 0.05) is 17.6 Å². The molecule has 5 nitrogen and oxygen atoms in total. The third-order valence-electron chi connectivity index (χ3n) is 3.52. The lowest BCUT2D eigenvalue weighted by molar-refractivity contribution is -0.141. The molecule has 1 aromatic carbocycles. The summed E-state index contributed by atoms with van der Waals surface area (Å²) in [5.74, 6) is -1.55. The van der Waals surface area contributed by atoms with Crippen molar-refractivity contribution in [2.24, 2.45) is 5.92 Å². The van der Waals surface area contributed by atoms with Crippen LogP contribution in [-0.4, -0.2) is 36.9 Å². The molecule has 20 heavy (non-hydrogen) atoms. The van der Waals surface area contributed by atoms with Crippen molar-refractivity contribution in [3.8, 4) is 0 Å². The first kappa shape index (κ1) is 15.5. The fourth-order valence-electron chi connectivity index (χ4n) is 2.58. The molecule has 1 aliphatic heterocycles. The van der Waals surface area contributed by atoms with Gasteiger partial charge in [0.1, 0.15) is 0 Å². The Bertz CT molecular complexity index is 633. The van der Waals surface area contributed by atoms with Gasteiger partial charge in [0.05, 0.1) is 10.8 Å². The highest BCUT2D eigenvalue weighted by molar-refractivity contribution is 9.10. The molecule has 1 heterocycles. The van der Waals surface area contributed by atoms with Crippen LogP contribution in [0.5, 0.6) is 0 Å². The van der Waals surface area contributed by atoms with E-state index in [2.05, 4.69) is 15.9 Å². The van der Waals surface area contributed by atoms with Gasteiger partial charge in [-0.15, -0.1) is 0 Å². The minimum atomic E-state index is -3.63. The number of hydrogen-bond donors (Lipinski definition) is 1. The lowest BCUT2D eigenvalue weighted by Crippen LogP contribution is -2.31. The maximum atomic E-state index is 12.7. The zero-order valence-electron chi connectivity index (χ0n) is 11.3. The van der Waals surface area contributed by atoms with Crippen molar-refractivity contribution in [2.45, 2.75) is 25.2 Å². The Morgan fingerprint density at radius 2 is 1.90 bits per heavy atom. The fourth-order valence-corrected chi connectivity index (χ4v) is 5.18. The van der Waals surface area contributed by atoms with E-state index in [4.69, 9.17) is 5.11 Å². The molecule has 0 saturated carbocycles. The van der Waals surface area contributed by atoms with Gasteiger partial charge in [0.25, 0.3) is 0 Å². The molecule has 1 fully saturated rings. The second-order valence-corrected chi connectivity index (χ2v) is 7.85. The summed E-state index contributed by atoms with van der Waals surface area (Å²) in [5, 5.41) is 8.99. The largest absolute Gasteiger partial charge is 0.481 e. The molecule has 2 rings (SSSR count). The number of nitrogens with zero attached hydrogens (tertiary/aromatic N) is 1. The van der Waals surface area contributed by atoms with Gasteiger partial charge in [0.15, 0.2) is 0 Å². The summed E-state index contributed by atoms with van der Waals surface area (Å²) in [7, 11) is -3.63. The van der Waals surface area contributed by atoms with Gasteiger partial charge in [-0.3, -0.25) is 4.79 Å². The number of benzene rings is 1. The van der Waals surface area contributed by atoms with Crippen molar-refractivity contribution in [1.82, 2.24) is 4.31 Å². The van der Waals surface area contributed by atoms with E-state index in [0.29, 0.717) is 17.5 Å². The van der Waals surface area contributed by atoms with Gasteiger partial charge in [-0.05, 0) is 43.5 Å². The molecule has 1 atom stereocenters. The lowest BCUT2D eigenvalue weighted by atomic mass is 10.1. The predicted molar refractivity (Wildman–Crippen MR) is 78.1 cm³/mol. The van der Waals surface area contributed by atoms with Crippen LogP contribution < -0.4 is 0 Å². The Balaban J connectivity index is 2.40. The summed E-state index contributed by atoms with van der Waals surface area (Å²) in [5.41, 5.74) is 1.33. The topological polar surface area (TPSA) is 74.7 Å². The summed E-state index contributed by atoms with van der Waals surface area (Å²) < 4.78 is 27.4. The number of rotatable bonds is 3. The normalized spacial score (nSPS) is 20.2. The quantitative estimate of drug-likeness (QED) is 0.894. The maximum absolute atomic E-state index is 12.7. The second-order valence-electron chi connectivity index (χ2n) is 5.06. The lowest BCUT2D eigenvalue weighted by Gasteiger charge is -2.19. The smallest absolute Gasteiger partial charge is 0.307 e. The number of sulfonamides is 1. The van der Waals surface area contributed by atoms with E-state index in [1.54, 1.807) is 26.0 Å². The number of halogens is 1. The summed E-state index contributed by atoms with van der Waals surface area (Å²) >= 11 is 3.34. The molecule has 0 radical (unpaired) electrons. The van der Waals surface area contributed by atoms with E-state index in [1.807, 2.05) is 0 Å². The standard InChI is InChI=1S/C13H16BrNO4S/c1-8-5-11(14)6-9(2)12(8)20(18,19)15-4-3-10(7-15)13(16)17/h5-6,10H,3-4,7H2,1-2H3,(H,16,17). The Morgan fingerprint density at radius 3 is 2.35 bits per heavy atom. The molecule has 0 spiro atoms. The third kappa shape index (κ3) is 2.75. The van der Waals surface area contributed by atoms with Crippen molar-refractivity contribution >= 4 is 31.9 Å². The van der Waals surface area contributed by atoms with Gasteiger partial charge in [0.2, 0.25) is 10.0 Å². The van der Waals surface area contributed by atoms with Crippen molar-refractivity contribution in [2.75, 3.05) is 13.1 Å². The van der Waals surface area contributed by atoms with Crippen LogP contribution in [0.25, 0.3) is 0 Å². The SMILES string of the molecule is Cc1cc(Br)cc(C)c1S(=O)(=O)N1CCC(C(=O)O)C1. The minimum Gasteiger partial charge on any atom is -0.481 e. The second kappa shape index (κ2) is 5.46. The van der Waals surface area contributed by atoms with E-state index in [0.717, 1.165) is 4.47 Å². The van der Waals surface area contributed by atoms with Gasteiger partial charge in [-0.2, -0.15) is 4.31 Å². The van der Waals surface area contributed by atoms with Crippen molar-refractivity contribution in [3.05, 3.63) is 27.7 Å². The average molecular weight is 362 g/mol. The van der Waals surface area contributed by atoms with Crippen LogP contribution in [0.1, 0.15) is 17.5 Å².